The highest BCUT2D eigenvalue weighted by Crippen LogP contribution is 2.12. The zero-order chi connectivity index (χ0) is 23.3. The maximum absolute atomic E-state index is 12.0. The van der Waals surface area contributed by atoms with Crippen molar-refractivity contribution in [2.75, 3.05) is 13.7 Å². The third-order valence-corrected chi connectivity index (χ3v) is 5.33. The summed E-state index contributed by atoms with van der Waals surface area (Å²) in [4.78, 5) is 12.0. The van der Waals surface area contributed by atoms with Crippen LogP contribution in [-0.4, -0.2) is 30.8 Å². The Labute approximate surface area is 195 Å². The first-order valence-corrected chi connectivity index (χ1v) is 12.2. The van der Waals surface area contributed by atoms with E-state index < -0.39 is 0 Å². The number of aromatic hydroxyl groups is 1. The van der Waals surface area contributed by atoms with E-state index in [9.17, 15) is 9.90 Å². The van der Waals surface area contributed by atoms with Crippen molar-refractivity contribution >= 4 is 5.97 Å². The van der Waals surface area contributed by atoms with Crippen molar-refractivity contribution in [3.05, 3.63) is 66.3 Å². The minimum absolute atomic E-state index is 0.232. The molecule has 4 heteroatoms. The van der Waals surface area contributed by atoms with Gasteiger partial charge in [-0.1, -0.05) is 81.2 Å². The van der Waals surface area contributed by atoms with Crippen molar-refractivity contribution in [3.8, 4) is 5.75 Å². The van der Waals surface area contributed by atoms with Crippen LogP contribution in [0.15, 0.2) is 60.7 Å². The molecule has 178 valence electrons. The summed E-state index contributed by atoms with van der Waals surface area (Å²) >= 11 is 0. The molecule has 1 aromatic carbocycles. The summed E-state index contributed by atoms with van der Waals surface area (Å²) in [6.07, 6.45) is 25.6. The summed E-state index contributed by atoms with van der Waals surface area (Å²) in [6.45, 7) is 2.97. The fourth-order valence-corrected chi connectivity index (χ4v) is 3.45. The number of hydrogen-bond acceptors (Lipinski definition) is 4. The van der Waals surface area contributed by atoms with Crippen LogP contribution in [0.1, 0.15) is 76.7 Å². The Hall–Kier alpha value is -2.33. The summed E-state index contributed by atoms with van der Waals surface area (Å²) < 4.78 is 4.93. The minimum Gasteiger partial charge on any atom is -0.508 e. The standard InChI is InChI=1S/C28H43NO3/c1-3-4-5-6-7-8-9-10-11-12-13-14-15-16-17-18-23-29-27(28(31)32-2)24-25-19-21-26(30)22-20-25/h4-5,7-8,10-11,19-22,27,29-30H,3,6,9,12-18,23-24H2,1-2H3/t27-/m0/s1. The van der Waals surface area contributed by atoms with Crippen LogP contribution < -0.4 is 5.32 Å². The lowest BCUT2D eigenvalue weighted by Gasteiger charge is -2.16. The van der Waals surface area contributed by atoms with Gasteiger partial charge in [0.2, 0.25) is 0 Å². The monoisotopic (exact) mass is 441 g/mol. The number of allylic oxidation sites excluding steroid dienone is 6. The molecule has 0 unspecified atom stereocenters. The van der Waals surface area contributed by atoms with Gasteiger partial charge in [-0.3, -0.25) is 4.79 Å². The van der Waals surface area contributed by atoms with E-state index in [1.165, 1.54) is 45.6 Å². The van der Waals surface area contributed by atoms with E-state index >= 15 is 0 Å². The third kappa shape index (κ3) is 14.6. The number of ether oxygens (including phenoxy) is 1. The topological polar surface area (TPSA) is 58.6 Å². The summed E-state index contributed by atoms with van der Waals surface area (Å²) in [7, 11) is 1.42. The van der Waals surface area contributed by atoms with Gasteiger partial charge in [0.25, 0.3) is 0 Å². The number of rotatable bonds is 18. The predicted octanol–water partition coefficient (Wildman–Crippen LogP) is 6.66. The maximum atomic E-state index is 12.0. The van der Waals surface area contributed by atoms with Crippen molar-refractivity contribution < 1.29 is 14.6 Å². The van der Waals surface area contributed by atoms with E-state index in [0.29, 0.717) is 6.42 Å². The van der Waals surface area contributed by atoms with Crippen LogP contribution in [0, 0.1) is 0 Å². The zero-order valence-corrected chi connectivity index (χ0v) is 20.1. The number of phenols is 1. The summed E-state index contributed by atoms with van der Waals surface area (Å²) in [6, 6.07) is 6.61. The summed E-state index contributed by atoms with van der Waals surface area (Å²) in [5.41, 5.74) is 1.000. The van der Waals surface area contributed by atoms with Crippen molar-refractivity contribution in [1.29, 1.82) is 0 Å². The quantitative estimate of drug-likeness (QED) is 0.152. The average molecular weight is 442 g/mol. The van der Waals surface area contributed by atoms with Gasteiger partial charge in [0.15, 0.2) is 0 Å². The van der Waals surface area contributed by atoms with Crippen molar-refractivity contribution in [2.24, 2.45) is 0 Å². The molecular formula is C28H43NO3. The highest BCUT2D eigenvalue weighted by Gasteiger charge is 2.18. The van der Waals surface area contributed by atoms with Crippen LogP contribution in [0.2, 0.25) is 0 Å². The number of methoxy groups -OCH3 is 1. The molecule has 0 fully saturated rings. The molecule has 1 atom stereocenters. The first-order valence-electron chi connectivity index (χ1n) is 12.2. The molecule has 0 saturated heterocycles. The molecule has 0 bridgehead atoms. The molecule has 0 saturated carbocycles. The molecule has 1 aromatic rings. The van der Waals surface area contributed by atoms with E-state index in [1.807, 2.05) is 12.1 Å². The van der Waals surface area contributed by atoms with Gasteiger partial charge in [0.05, 0.1) is 7.11 Å². The molecule has 0 amide bonds. The van der Waals surface area contributed by atoms with Crippen molar-refractivity contribution in [3.63, 3.8) is 0 Å². The molecule has 0 heterocycles. The normalized spacial score (nSPS) is 12.8. The molecule has 4 nitrogen and oxygen atoms in total. The van der Waals surface area contributed by atoms with Gasteiger partial charge < -0.3 is 15.2 Å². The van der Waals surface area contributed by atoms with Gasteiger partial charge >= 0.3 is 5.97 Å². The second kappa shape index (κ2) is 19.4. The first-order chi connectivity index (χ1) is 15.7. The summed E-state index contributed by atoms with van der Waals surface area (Å²) in [5.74, 6) is -0.00881. The predicted molar refractivity (Wildman–Crippen MR) is 135 cm³/mol. The Kier molecular flexibility index (Phi) is 16.8. The Bertz CT molecular complexity index is 676. The molecule has 0 aliphatic heterocycles. The lowest BCUT2D eigenvalue weighted by atomic mass is 10.1. The Morgan fingerprint density at radius 1 is 0.906 bits per heavy atom. The molecule has 0 radical (unpaired) electrons. The molecule has 0 aliphatic rings. The number of carbonyl (C=O) groups is 1. The van der Waals surface area contributed by atoms with Gasteiger partial charge in [-0.15, -0.1) is 0 Å². The molecule has 2 N–H and O–H groups in total. The number of unbranched alkanes of at least 4 members (excludes halogenated alkanes) is 6. The van der Waals surface area contributed by atoms with E-state index in [1.54, 1.807) is 12.1 Å². The van der Waals surface area contributed by atoms with Crippen molar-refractivity contribution in [1.82, 2.24) is 5.32 Å². The number of nitrogens with one attached hydrogen (secondary N) is 1. The molecule has 32 heavy (non-hydrogen) atoms. The lowest BCUT2D eigenvalue weighted by Crippen LogP contribution is -2.40. The maximum Gasteiger partial charge on any atom is 0.323 e. The molecule has 0 spiro atoms. The first kappa shape index (κ1) is 27.7. The SMILES string of the molecule is CCC=CCC=CCC=CCCCCCCCCN[C@@H](Cc1ccc(O)cc1)C(=O)OC. The van der Waals surface area contributed by atoms with Gasteiger partial charge in [-0.05, 0) is 69.2 Å². The second-order valence-corrected chi connectivity index (χ2v) is 8.10. The number of carbonyl (C=O) groups excluding carboxylic acids is 1. The van der Waals surface area contributed by atoms with Crippen LogP contribution in [-0.2, 0) is 16.0 Å². The van der Waals surface area contributed by atoms with Crippen LogP contribution in [0.3, 0.4) is 0 Å². The number of benzene rings is 1. The number of hydrogen-bond donors (Lipinski definition) is 2. The fourth-order valence-electron chi connectivity index (χ4n) is 3.45. The highest BCUT2D eigenvalue weighted by atomic mass is 16.5. The molecule has 0 aromatic heterocycles. The van der Waals surface area contributed by atoms with E-state index in [2.05, 4.69) is 48.7 Å². The Balaban J connectivity index is 2.04. The Morgan fingerprint density at radius 3 is 2.16 bits per heavy atom. The van der Waals surface area contributed by atoms with E-state index in [-0.39, 0.29) is 17.8 Å². The average Bonchev–Trinajstić information content (AvgIpc) is 2.81. The largest absolute Gasteiger partial charge is 0.508 e. The molecular weight excluding hydrogens is 398 g/mol. The van der Waals surface area contributed by atoms with Gasteiger partial charge in [-0.2, -0.15) is 0 Å². The van der Waals surface area contributed by atoms with Crippen LogP contribution in [0.25, 0.3) is 0 Å². The van der Waals surface area contributed by atoms with Crippen LogP contribution >= 0.6 is 0 Å². The van der Waals surface area contributed by atoms with Gasteiger partial charge in [0.1, 0.15) is 11.8 Å². The second-order valence-electron chi connectivity index (χ2n) is 8.10. The van der Waals surface area contributed by atoms with E-state index in [0.717, 1.165) is 37.8 Å². The van der Waals surface area contributed by atoms with Gasteiger partial charge in [-0.25, -0.2) is 0 Å². The summed E-state index contributed by atoms with van der Waals surface area (Å²) in [5, 5.41) is 12.7. The third-order valence-electron chi connectivity index (χ3n) is 5.33. The zero-order valence-electron chi connectivity index (χ0n) is 20.1. The minimum atomic E-state index is -0.348. The number of phenolic OH excluding ortho intramolecular Hbond substituents is 1. The van der Waals surface area contributed by atoms with Gasteiger partial charge in [0, 0.05) is 0 Å². The van der Waals surface area contributed by atoms with Crippen LogP contribution in [0.4, 0.5) is 0 Å². The number of esters is 1. The fraction of sp³-hybridized carbons (Fsp3) is 0.536. The Morgan fingerprint density at radius 2 is 1.50 bits per heavy atom. The highest BCUT2D eigenvalue weighted by molar-refractivity contribution is 5.76. The smallest absolute Gasteiger partial charge is 0.323 e. The lowest BCUT2D eigenvalue weighted by molar-refractivity contribution is -0.143. The molecule has 0 aliphatic carbocycles. The van der Waals surface area contributed by atoms with Crippen LogP contribution in [0.5, 0.6) is 5.75 Å². The van der Waals surface area contributed by atoms with Crippen molar-refractivity contribution in [2.45, 2.75) is 83.6 Å². The molecule has 1 rings (SSSR count). The van der Waals surface area contributed by atoms with E-state index in [4.69, 9.17) is 4.74 Å².